The fraction of sp³-hybridized carbons (Fsp3) is 0.636. The standard InChI is InChI=1S/C11H16N2S/c1-4-11(3,7-12)6-5-10-9(2)13-8-14-10/h8H,4-6H2,1-3H3. The molecule has 1 rings (SSSR count). The van der Waals surface area contributed by atoms with Crippen LogP contribution in [0.1, 0.15) is 37.3 Å². The number of nitrogens with zero attached hydrogens (tertiary/aromatic N) is 2. The van der Waals surface area contributed by atoms with Crippen LogP contribution in [0.4, 0.5) is 0 Å². The maximum absolute atomic E-state index is 9.02. The molecule has 1 heterocycles. The van der Waals surface area contributed by atoms with Crippen molar-refractivity contribution in [2.24, 2.45) is 5.41 Å². The maximum Gasteiger partial charge on any atom is 0.0797 e. The largest absolute Gasteiger partial charge is 0.250 e. The Morgan fingerprint density at radius 3 is 2.79 bits per heavy atom. The SMILES string of the molecule is CCC(C)(C#N)CCc1scnc1C. The first-order valence-corrected chi connectivity index (χ1v) is 5.79. The molecule has 0 N–H and O–H groups in total. The maximum atomic E-state index is 9.02. The van der Waals surface area contributed by atoms with Crippen molar-refractivity contribution < 1.29 is 0 Å². The summed E-state index contributed by atoms with van der Waals surface area (Å²) >= 11 is 1.69. The van der Waals surface area contributed by atoms with Gasteiger partial charge in [0.05, 0.1) is 22.7 Å². The summed E-state index contributed by atoms with van der Waals surface area (Å²) in [7, 11) is 0. The molecular formula is C11H16N2S. The van der Waals surface area contributed by atoms with Crippen molar-refractivity contribution in [3.63, 3.8) is 0 Å². The smallest absolute Gasteiger partial charge is 0.0797 e. The van der Waals surface area contributed by atoms with Gasteiger partial charge >= 0.3 is 0 Å². The summed E-state index contributed by atoms with van der Waals surface area (Å²) in [5, 5.41) is 9.02. The summed E-state index contributed by atoms with van der Waals surface area (Å²) < 4.78 is 0. The van der Waals surface area contributed by atoms with E-state index < -0.39 is 0 Å². The number of hydrogen-bond donors (Lipinski definition) is 0. The van der Waals surface area contributed by atoms with E-state index >= 15 is 0 Å². The summed E-state index contributed by atoms with van der Waals surface area (Å²) in [5.74, 6) is 0. The van der Waals surface area contributed by atoms with Crippen LogP contribution in [0.3, 0.4) is 0 Å². The zero-order chi connectivity index (χ0) is 10.6. The predicted octanol–water partition coefficient (Wildman–Crippen LogP) is 3.32. The number of nitriles is 1. The molecule has 76 valence electrons. The molecule has 0 aliphatic carbocycles. The topological polar surface area (TPSA) is 36.7 Å². The van der Waals surface area contributed by atoms with E-state index in [9.17, 15) is 0 Å². The van der Waals surface area contributed by atoms with E-state index in [0.29, 0.717) is 0 Å². The molecule has 1 unspecified atom stereocenters. The molecule has 1 aromatic rings. The molecule has 14 heavy (non-hydrogen) atoms. The van der Waals surface area contributed by atoms with Crippen LogP contribution in [-0.2, 0) is 6.42 Å². The molecule has 0 bridgehead atoms. The van der Waals surface area contributed by atoms with E-state index in [-0.39, 0.29) is 5.41 Å². The Hall–Kier alpha value is -0.880. The van der Waals surface area contributed by atoms with E-state index in [0.717, 1.165) is 25.0 Å². The molecule has 1 atom stereocenters. The van der Waals surface area contributed by atoms with Gasteiger partial charge in [0, 0.05) is 4.88 Å². The van der Waals surface area contributed by atoms with Gasteiger partial charge in [-0.3, -0.25) is 0 Å². The molecule has 0 aliphatic rings. The third-order valence-electron chi connectivity index (χ3n) is 2.80. The van der Waals surface area contributed by atoms with Gasteiger partial charge in [-0.05, 0) is 33.1 Å². The molecule has 0 radical (unpaired) electrons. The molecule has 1 aromatic heterocycles. The van der Waals surface area contributed by atoms with Crippen LogP contribution in [0.25, 0.3) is 0 Å². The van der Waals surface area contributed by atoms with Gasteiger partial charge in [0.15, 0.2) is 0 Å². The van der Waals surface area contributed by atoms with Gasteiger partial charge in [0.25, 0.3) is 0 Å². The fourth-order valence-electron chi connectivity index (χ4n) is 1.27. The number of aromatic nitrogens is 1. The monoisotopic (exact) mass is 208 g/mol. The Morgan fingerprint density at radius 1 is 1.64 bits per heavy atom. The Labute approximate surface area is 89.6 Å². The highest BCUT2D eigenvalue weighted by Gasteiger charge is 2.21. The van der Waals surface area contributed by atoms with Crippen molar-refractivity contribution in [2.75, 3.05) is 0 Å². The predicted molar refractivity (Wildman–Crippen MR) is 59.2 cm³/mol. The molecule has 0 fully saturated rings. The summed E-state index contributed by atoms with van der Waals surface area (Å²) in [5.41, 5.74) is 2.82. The number of thiazole rings is 1. The van der Waals surface area contributed by atoms with Crippen LogP contribution in [0, 0.1) is 23.7 Å². The molecule has 0 saturated carbocycles. The molecule has 0 aromatic carbocycles. The third kappa shape index (κ3) is 2.55. The van der Waals surface area contributed by atoms with Gasteiger partial charge in [-0.1, -0.05) is 6.92 Å². The molecule has 0 saturated heterocycles. The molecule has 0 spiro atoms. The Balaban J connectivity index is 2.57. The molecule has 2 nitrogen and oxygen atoms in total. The summed E-state index contributed by atoms with van der Waals surface area (Å²) in [6.07, 6.45) is 2.83. The number of rotatable bonds is 4. The third-order valence-corrected chi connectivity index (χ3v) is 3.79. The van der Waals surface area contributed by atoms with Crippen LogP contribution < -0.4 is 0 Å². The molecular weight excluding hydrogens is 192 g/mol. The van der Waals surface area contributed by atoms with Gasteiger partial charge in [0.2, 0.25) is 0 Å². The quantitative estimate of drug-likeness (QED) is 0.761. The Morgan fingerprint density at radius 2 is 2.36 bits per heavy atom. The minimum atomic E-state index is -0.170. The lowest BCUT2D eigenvalue weighted by Crippen LogP contribution is -2.13. The summed E-state index contributed by atoms with van der Waals surface area (Å²) in [6, 6.07) is 2.39. The normalized spacial score (nSPS) is 14.7. The summed E-state index contributed by atoms with van der Waals surface area (Å²) in [4.78, 5) is 5.52. The molecule has 3 heteroatoms. The average molecular weight is 208 g/mol. The van der Waals surface area contributed by atoms with E-state index in [1.54, 1.807) is 11.3 Å². The van der Waals surface area contributed by atoms with Crippen LogP contribution in [0.15, 0.2) is 5.51 Å². The second-order valence-electron chi connectivity index (χ2n) is 3.89. The average Bonchev–Trinajstić information content (AvgIpc) is 2.61. The molecule has 0 aliphatic heterocycles. The molecule has 0 amide bonds. The van der Waals surface area contributed by atoms with Crippen LogP contribution in [0.2, 0.25) is 0 Å². The first-order valence-electron chi connectivity index (χ1n) is 4.91. The van der Waals surface area contributed by atoms with E-state index in [1.807, 2.05) is 19.4 Å². The van der Waals surface area contributed by atoms with Gasteiger partial charge in [-0.25, -0.2) is 4.98 Å². The van der Waals surface area contributed by atoms with Crippen LogP contribution >= 0.6 is 11.3 Å². The van der Waals surface area contributed by atoms with Crippen LogP contribution in [0.5, 0.6) is 0 Å². The van der Waals surface area contributed by atoms with Crippen molar-refractivity contribution in [3.05, 3.63) is 16.1 Å². The van der Waals surface area contributed by atoms with Crippen LogP contribution in [-0.4, -0.2) is 4.98 Å². The van der Waals surface area contributed by atoms with Crippen molar-refractivity contribution in [3.8, 4) is 6.07 Å². The lowest BCUT2D eigenvalue weighted by atomic mass is 9.84. The van der Waals surface area contributed by atoms with Gasteiger partial charge in [0.1, 0.15) is 0 Å². The van der Waals surface area contributed by atoms with Gasteiger partial charge in [-0.2, -0.15) is 5.26 Å². The Bertz CT molecular complexity index is 337. The van der Waals surface area contributed by atoms with Crippen molar-refractivity contribution >= 4 is 11.3 Å². The van der Waals surface area contributed by atoms with Crippen molar-refractivity contribution in [1.29, 1.82) is 5.26 Å². The Kier molecular flexibility index (Phi) is 3.65. The zero-order valence-corrected chi connectivity index (χ0v) is 9.82. The highest BCUT2D eigenvalue weighted by atomic mass is 32.1. The second-order valence-corrected chi connectivity index (χ2v) is 4.83. The minimum absolute atomic E-state index is 0.170. The second kappa shape index (κ2) is 4.56. The minimum Gasteiger partial charge on any atom is -0.250 e. The highest BCUT2D eigenvalue weighted by Crippen LogP contribution is 2.28. The lowest BCUT2D eigenvalue weighted by molar-refractivity contribution is 0.391. The van der Waals surface area contributed by atoms with Crippen molar-refractivity contribution in [2.45, 2.75) is 40.0 Å². The first kappa shape index (κ1) is 11.2. The van der Waals surface area contributed by atoms with Gasteiger partial charge in [-0.15, -0.1) is 11.3 Å². The zero-order valence-electron chi connectivity index (χ0n) is 9.00. The van der Waals surface area contributed by atoms with E-state index in [1.165, 1.54) is 4.88 Å². The fourth-order valence-corrected chi connectivity index (χ4v) is 2.05. The van der Waals surface area contributed by atoms with E-state index in [2.05, 4.69) is 18.0 Å². The van der Waals surface area contributed by atoms with E-state index in [4.69, 9.17) is 5.26 Å². The first-order chi connectivity index (χ1) is 6.61. The lowest BCUT2D eigenvalue weighted by Gasteiger charge is -2.18. The van der Waals surface area contributed by atoms with Gasteiger partial charge < -0.3 is 0 Å². The number of aryl methyl sites for hydroxylation is 2. The number of hydrogen-bond acceptors (Lipinski definition) is 3. The van der Waals surface area contributed by atoms with Crippen molar-refractivity contribution in [1.82, 2.24) is 4.98 Å². The highest BCUT2D eigenvalue weighted by molar-refractivity contribution is 7.09. The summed E-state index contributed by atoms with van der Waals surface area (Å²) in [6.45, 7) is 6.13.